The maximum Gasteiger partial charge on any atom is 0.240 e. The average Bonchev–Trinajstić information content (AvgIpc) is 3.00. The van der Waals surface area contributed by atoms with Gasteiger partial charge in [-0.3, -0.25) is 14.6 Å². The molecule has 2 unspecified atom stereocenters. The van der Waals surface area contributed by atoms with Gasteiger partial charge in [0.05, 0.1) is 17.3 Å². The van der Waals surface area contributed by atoms with Gasteiger partial charge in [-0.1, -0.05) is 6.92 Å². The molecule has 1 aromatic carbocycles. The summed E-state index contributed by atoms with van der Waals surface area (Å²) in [5.74, 6) is -0.282. The van der Waals surface area contributed by atoms with Crippen molar-refractivity contribution in [2.75, 3.05) is 11.4 Å². The molecule has 1 heterocycles. The molecule has 1 N–H and O–H groups in total. The van der Waals surface area contributed by atoms with Crippen LogP contribution in [0.2, 0.25) is 0 Å². The molecule has 5 nitrogen and oxygen atoms in total. The van der Waals surface area contributed by atoms with E-state index in [-0.39, 0.29) is 30.3 Å². The van der Waals surface area contributed by atoms with Crippen LogP contribution in [0.4, 0.5) is 11.4 Å². The normalized spacial score (nSPS) is 20.5. The summed E-state index contributed by atoms with van der Waals surface area (Å²) in [6.45, 7) is 8.13. The summed E-state index contributed by atoms with van der Waals surface area (Å²) in [7, 11) is 0. The van der Waals surface area contributed by atoms with Gasteiger partial charge in [0.15, 0.2) is 0 Å². The molecule has 2 amide bonds. The van der Waals surface area contributed by atoms with Gasteiger partial charge in [0.1, 0.15) is 6.54 Å². The van der Waals surface area contributed by atoms with Crippen molar-refractivity contribution in [2.24, 2.45) is 10.9 Å². The minimum atomic E-state index is -0.176. The van der Waals surface area contributed by atoms with Crippen molar-refractivity contribution < 1.29 is 9.59 Å². The molecule has 2 atom stereocenters. The summed E-state index contributed by atoms with van der Waals surface area (Å²) in [6.07, 6.45) is 3.55. The van der Waals surface area contributed by atoms with Crippen LogP contribution in [0, 0.1) is 19.8 Å². The van der Waals surface area contributed by atoms with Gasteiger partial charge in [-0.15, -0.1) is 0 Å². The number of nitrogens with one attached hydrogen (secondary N) is 1. The van der Waals surface area contributed by atoms with Gasteiger partial charge in [0.25, 0.3) is 0 Å². The van der Waals surface area contributed by atoms with Crippen LogP contribution in [-0.2, 0) is 9.59 Å². The van der Waals surface area contributed by atoms with Crippen LogP contribution >= 0.6 is 0 Å². The SMILES string of the molecule is CCC(C)NC(=O)CN1C(=O)C2CCCC2=Nc2cc(C)c(C)cc21. The predicted molar refractivity (Wildman–Crippen MR) is 101 cm³/mol. The first-order valence-corrected chi connectivity index (χ1v) is 9.20. The number of hydrogen-bond acceptors (Lipinski definition) is 3. The Morgan fingerprint density at radius 2 is 2.08 bits per heavy atom. The van der Waals surface area contributed by atoms with Crippen LogP contribution in [0.15, 0.2) is 17.1 Å². The monoisotopic (exact) mass is 341 g/mol. The van der Waals surface area contributed by atoms with E-state index in [0.29, 0.717) is 0 Å². The Hall–Kier alpha value is -2.17. The number of carbonyl (C=O) groups is 2. The van der Waals surface area contributed by atoms with Gasteiger partial charge in [0.2, 0.25) is 11.8 Å². The molecule has 1 aliphatic heterocycles. The summed E-state index contributed by atoms with van der Waals surface area (Å²) in [5, 5.41) is 2.96. The Morgan fingerprint density at radius 1 is 1.36 bits per heavy atom. The lowest BCUT2D eigenvalue weighted by molar-refractivity contribution is -0.125. The molecule has 0 radical (unpaired) electrons. The number of carbonyl (C=O) groups excluding carboxylic acids is 2. The van der Waals surface area contributed by atoms with E-state index in [1.165, 1.54) is 0 Å². The highest BCUT2D eigenvalue weighted by Gasteiger charge is 2.37. The maximum atomic E-state index is 13.1. The zero-order valence-electron chi connectivity index (χ0n) is 15.6. The number of benzene rings is 1. The zero-order chi connectivity index (χ0) is 18.1. The third-order valence-electron chi connectivity index (χ3n) is 5.36. The second-order valence-corrected chi connectivity index (χ2v) is 7.27. The van der Waals surface area contributed by atoms with Crippen molar-refractivity contribution in [3.05, 3.63) is 23.3 Å². The number of anilines is 1. The second kappa shape index (κ2) is 6.98. The number of amides is 2. The van der Waals surface area contributed by atoms with Crippen molar-refractivity contribution in [1.82, 2.24) is 5.32 Å². The molecule has 1 saturated carbocycles. The van der Waals surface area contributed by atoms with Gasteiger partial charge >= 0.3 is 0 Å². The molecule has 0 saturated heterocycles. The van der Waals surface area contributed by atoms with Gasteiger partial charge in [-0.2, -0.15) is 0 Å². The van der Waals surface area contributed by atoms with Crippen LogP contribution in [-0.4, -0.2) is 30.1 Å². The molecular weight excluding hydrogens is 314 g/mol. The second-order valence-electron chi connectivity index (χ2n) is 7.27. The Bertz CT molecular complexity index is 739. The van der Waals surface area contributed by atoms with Crippen LogP contribution in [0.1, 0.15) is 50.7 Å². The molecule has 5 heteroatoms. The van der Waals surface area contributed by atoms with E-state index >= 15 is 0 Å². The van der Waals surface area contributed by atoms with Crippen molar-refractivity contribution >= 4 is 28.9 Å². The molecule has 0 aromatic heterocycles. The van der Waals surface area contributed by atoms with Crippen molar-refractivity contribution in [2.45, 2.75) is 59.4 Å². The lowest BCUT2D eigenvalue weighted by Gasteiger charge is -2.25. The van der Waals surface area contributed by atoms with Gasteiger partial charge in [-0.05, 0) is 69.7 Å². The van der Waals surface area contributed by atoms with Crippen molar-refractivity contribution in [1.29, 1.82) is 0 Å². The molecule has 1 fully saturated rings. The largest absolute Gasteiger partial charge is 0.352 e. The zero-order valence-corrected chi connectivity index (χ0v) is 15.6. The molecule has 2 aliphatic rings. The number of aliphatic imine (C=N–C) groups is 1. The highest BCUT2D eigenvalue weighted by Crippen LogP contribution is 2.39. The van der Waals surface area contributed by atoms with Gasteiger partial charge in [-0.25, -0.2) is 0 Å². The standard InChI is InChI=1S/C20H27N3O2/c1-5-14(4)21-19(24)11-23-18-10-13(3)12(2)9-17(18)22-16-8-6-7-15(16)20(23)25/h9-10,14-15H,5-8,11H2,1-4H3,(H,21,24). The Labute approximate surface area is 149 Å². The fourth-order valence-corrected chi connectivity index (χ4v) is 3.51. The van der Waals surface area contributed by atoms with E-state index in [0.717, 1.165) is 53.9 Å². The molecule has 1 aromatic rings. The van der Waals surface area contributed by atoms with Crippen molar-refractivity contribution in [3.8, 4) is 0 Å². The third-order valence-corrected chi connectivity index (χ3v) is 5.36. The van der Waals surface area contributed by atoms with Crippen LogP contribution in [0.3, 0.4) is 0 Å². The average molecular weight is 341 g/mol. The summed E-state index contributed by atoms with van der Waals surface area (Å²) in [5.41, 5.74) is 4.79. The number of aryl methyl sites for hydroxylation is 2. The number of nitrogens with zero attached hydrogens (tertiary/aromatic N) is 2. The topological polar surface area (TPSA) is 61.8 Å². The third kappa shape index (κ3) is 3.46. The number of fused-ring (bicyclic) bond motifs is 2. The van der Waals surface area contributed by atoms with Crippen LogP contribution in [0.25, 0.3) is 0 Å². The molecular formula is C20H27N3O2. The highest BCUT2D eigenvalue weighted by molar-refractivity contribution is 6.16. The predicted octanol–water partition coefficient (Wildman–Crippen LogP) is 3.44. The number of hydrogen-bond donors (Lipinski definition) is 1. The Balaban J connectivity index is 1.98. The van der Waals surface area contributed by atoms with E-state index in [9.17, 15) is 9.59 Å². The minimum Gasteiger partial charge on any atom is -0.352 e. The fraction of sp³-hybridized carbons (Fsp3) is 0.550. The van der Waals surface area contributed by atoms with E-state index < -0.39 is 0 Å². The number of rotatable bonds is 4. The summed E-state index contributed by atoms with van der Waals surface area (Å²) in [4.78, 5) is 32.0. The minimum absolute atomic E-state index is 0.0116. The first kappa shape index (κ1) is 17.6. The van der Waals surface area contributed by atoms with Gasteiger partial charge < -0.3 is 10.2 Å². The van der Waals surface area contributed by atoms with Crippen LogP contribution in [0.5, 0.6) is 0 Å². The Morgan fingerprint density at radius 3 is 2.80 bits per heavy atom. The van der Waals surface area contributed by atoms with Crippen molar-refractivity contribution in [3.63, 3.8) is 0 Å². The first-order chi connectivity index (χ1) is 11.9. The lowest BCUT2D eigenvalue weighted by atomic mass is 10.0. The molecule has 0 spiro atoms. The van der Waals surface area contributed by atoms with E-state index in [4.69, 9.17) is 4.99 Å². The fourth-order valence-electron chi connectivity index (χ4n) is 3.51. The molecule has 134 valence electrons. The molecule has 25 heavy (non-hydrogen) atoms. The summed E-state index contributed by atoms with van der Waals surface area (Å²) < 4.78 is 0. The molecule has 0 bridgehead atoms. The van der Waals surface area contributed by atoms with E-state index in [1.807, 2.05) is 32.9 Å². The molecule has 1 aliphatic carbocycles. The Kier molecular flexibility index (Phi) is 4.93. The first-order valence-electron chi connectivity index (χ1n) is 9.20. The quantitative estimate of drug-likeness (QED) is 0.912. The van der Waals surface area contributed by atoms with E-state index in [1.54, 1.807) is 4.90 Å². The van der Waals surface area contributed by atoms with Crippen LogP contribution < -0.4 is 10.2 Å². The summed E-state index contributed by atoms with van der Waals surface area (Å²) in [6, 6.07) is 4.13. The highest BCUT2D eigenvalue weighted by atomic mass is 16.2. The van der Waals surface area contributed by atoms with Gasteiger partial charge in [0, 0.05) is 11.8 Å². The van der Waals surface area contributed by atoms with E-state index in [2.05, 4.69) is 12.2 Å². The summed E-state index contributed by atoms with van der Waals surface area (Å²) >= 11 is 0. The maximum absolute atomic E-state index is 13.1. The smallest absolute Gasteiger partial charge is 0.240 e. The molecule has 3 rings (SSSR count). The lowest BCUT2D eigenvalue weighted by Crippen LogP contribution is -2.45.